The largest absolute Gasteiger partial charge is 0.380 e. The lowest BCUT2D eigenvalue weighted by Gasteiger charge is -2.17. The Morgan fingerprint density at radius 2 is 2.10 bits per heavy atom. The third-order valence-electron chi connectivity index (χ3n) is 2.82. The number of halogens is 3. The molecule has 4 nitrogen and oxygen atoms in total. The zero-order valence-corrected chi connectivity index (χ0v) is 12.2. The van der Waals surface area contributed by atoms with Gasteiger partial charge in [-0.2, -0.15) is 0 Å². The summed E-state index contributed by atoms with van der Waals surface area (Å²) in [5.41, 5.74) is 5.64. The highest BCUT2D eigenvalue weighted by Crippen LogP contribution is 2.17. The highest BCUT2D eigenvalue weighted by molar-refractivity contribution is 5.85. The molecule has 0 heterocycles. The summed E-state index contributed by atoms with van der Waals surface area (Å²) in [6.07, 6.45) is -0.273. The summed E-state index contributed by atoms with van der Waals surface area (Å²) < 4.78 is 31.3. The van der Waals surface area contributed by atoms with Crippen LogP contribution in [0.3, 0.4) is 0 Å². The third kappa shape index (κ3) is 5.40. The van der Waals surface area contributed by atoms with Crippen LogP contribution in [0.15, 0.2) is 18.2 Å². The Morgan fingerprint density at radius 3 is 2.60 bits per heavy atom. The molecule has 0 aliphatic heterocycles. The molecule has 2 unspecified atom stereocenters. The lowest BCUT2D eigenvalue weighted by atomic mass is 10.1. The number of carbonyl (C=O) groups is 1. The molecule has 0 saturated heterocycles. The number of methoxy groups -OCH3 is 1. The molecule has 0 aromatic heterocycles. The van der Waals surface area contributed by atoms with Gasteiger partial charge in [-0.3, -0.25) is 4.79 Å². The van der Waals surface area contributed by atoms with Crippen LogP contribution in [0, 0.1) is 11.6 Å². The second-order valence-electron chi connectivity index (χ2n) is 4.25. The zero-order chi connectivity index (χ0) is 14.4. The van der Waals surface area contributed by atoms with Crippen molar-refractivity contribution in [1.82, 2.24) is 5.32 Å². The van der Waals surface area contributed by atoms with Crippen molar-refractivity contribution in [3.63, 3.8) is 0 Å². The topological polar surface area (TPSA) is 64.3 Å². The number of hydrogen-bond acceptors (Lipinski definition) is 3. The van der Waals surface area contributed by atoms with Crippen molar-refractivity contribution < 1.29 is 18.3 Å². The van der Waals surface area contributed by atoms with Crippen LogP contribution in [0.1, 0.15) is 24.9 Å². The SMILES string of the molecule is COC(CN)CC(=O)NC(C)c1ccc(F)cc1F.Cl. The van der Waals surface area contributed by atoms with Gasteiger partial charge in [0, 0.05) is 25.3 Å². The van der Waals surface area contributed by atoms with E-state index in [-0.39, 0.29) is 42.9 Å². The first-order valence-corrected chi connectivity index (χ1v) is 5.95. The van der Waals surface area contributed by atoms with Gasteiger partial charge in [0.05, 0.1) is 18.6 Å². The molecule has 1 amide bonds. The number of hydrogen-bond donors (Lipinski definition) is 2. The summed E-state index contributed by atoms with van der Waals surface area (Å²) >= 11 is 0. The molecule has 114 valence electrons. The first kappa shape index (κ1) is 18.8. The monoisotopic (exact) mass is 308 g/mol. The first-order chi connectivity index (χ1) is 8.97. The second kappa shape index (κ2) is 8.84. The minimum atomic E-state index is -0.685. The number of nitrogens with two attached hydrogens (primary N) is 1. The molecule has 0 aliphatic rings. The molecule has 1 rings (SSSR count). The van der Waals surface area contributed by atoms with Gasteiger partial charge >= 0.3 is 0 Å². The fraction of sp³-hybridized carbons (Fsp3) is 0.462. The molecular formula is C13H19ClF2N2O2. The average Bonchev–Trinajstić information content (AvgIpc) is 2.35. The smallest absolute Gasteiger partial charge is 0.223 e. The Hall–Kier alpha value is -1.24. The normalized spacial score (nSPS) is 13.2. The predicted octanol–water partition coefficient (Wildman–Crippen LogP) is 1.93. The molecule has 0 spiro atoms. The van der Waals surface area contributed by atoms with Crippen LogP contribution in [0.4, 0.5) is 8.78 Å². The van der Waals surface area contributed by atoms with Crippen molar-refractivity contribution in [2.45, 2.75) is 25.5 Å². The minimum Gasteiger partial charge on any atom is -0.380 e. The summed E-state index contributed by atoms with van der Waals surface area (Å²) in [5, 5.41) is 2.62. The number of nitrogens with one attached hydrogen (secondary N) is 1. The number of rotatable bonds is 6. The Bertz CT molecular complexity index is 442. The van der Waals surface area contributed by atoms with Gasteiger partial charge in [-0.1, -0.05) is 6.07 Å². The van der Waals surface area contributed by atoms with Crippen molar-refractivity contribution in [1.29, 1.82) is 0 Å². The van der Waals surface area contributed by atoms with Gasteiger partial charge in [-0.15, -0.1) is 12.4 Å². The summed E-state index contributed by atoms with van der Waals surface area (Å²) in [7, 11) is 1.47. The van der Waals surface area contributed by atoms with E-state index >= 15 is 0 Å². The average molecular weight is 309 g/mol. The molecule has 1 aromatic carbocycles. The van der Waals surface area contributed by atoms with Crippen LogP contribution in [0.2, 0.25) is 0 Å². The molecule has 0 aliphatic carbocycles. The molecule has 1 aromatic rings. The van der Waals surface area contributed by atoms with E-state index < -0.39 is 17.7 Å². The van der Waals surface area contributed by atoms with Gasteiger partial charge in [0.1, 0.15) is 11.6 Å². The van der Waals surface area contributed by atoms with Gasteiger partial charge in [-0.05, 0) is 13.0 Å². The van der Waals surface area contributed by atoms with E-state index in [1.165, 1.54) is 13.2 Å². The summed E-state index contributed by atoms with van der Waals surface area (Å²) in [6, 6.07) is 2.70. The van der Waals surface area contributed by atoms with E-state index in [1.807, 2.05) is 0 Å². The number of ether oxygens (including phenoxy) is 1. The van der Waals surface area contributed by atoms with E-state index in [9.17, 15) is 13.6 Å². The molecule has 7 heteroatoms. The molecule has 20 heavy (non-hydrogen) atoms. The molecule has 0 radical (unpaired) electrons. The maximum absolute atomic E-state index is 13.5. The highest BCUT2D eigenvalue weighted by atomic mass is 35.5. The van der Waals surface area contributed by atoms with Crippen molar-refractivity contribution in [3.05, 3.63) is 35.4 Å². The fourth-order valence-electron chi connectivity index (χ4n) is 1.70. The number of carbonyl (C=O) groups excluding carboxylic acids is 1. The van der Waals surface area contributed by atoms with E-state index in [0.29, 0.717) is 0 Å². The Kier molecular flexibility index (Phi) is 8.29. The fourth-order valence-corrected chi connectivity index (χ4v) is 1.70. The van der Waals surface area contributed by atoms with E-state index in [0.717, 1.165) is 12.1 Å². The van der Waals surface area contributed by atoms with E-state index in [2.05, 4.69) is 5.32 Å². The van der Waals surface area contributed by atoms with Gasteiger partial charge in [0.15, 0.2) is 0 Å². The zero-order valence-electron chi connectivity index (χ0n) is 11.4. The van der Waals surface area contributed by atoms with Crippen molar-refractivity contribution in [2.75, 3.05) is 13.7 Å². The number of amides is 1. The van der Waals surface area contributed by atoms with E-state index in [4.69, 9.17) is 10.5 Å². The molecule has 3 N–H and O–H groups in total. The van der Waals surface area contributed by atoms with Gasteiger partial charge in [-0.25, -0.2) is 8.78 Å². The van der Waals surface area contributed by atoms with Crippen molar-refractivity contribution in [2.24, 2.45) is 5.73 Å². The minimum absolute atomic E-state index is 0. The second-order valence-corrected chi connectivity index (χ2v) is 4.25. The number of benzene rings is 1. The Morgan fingerprint density at radius 1 is 1.45 bits per heavy atom. The summed E-state index contributed by atoms with van der Waals surface area (Å²) in [6.45, 7) is 1.85. The third-order valence-corrected chi connectivity index (χ3v) is 2.82. The van der Waals surface area contributed by atoms with Gasteiger partial charge in [0.25, 0.3) is 0 Å². The van der Waals surface area contributed by atoms with Crippen LogP contribution in [0.25, 0.3) is 0 Å². The quantitative estimate of drug-likeness (QED) is 0.844. The van der Waals surface area contributed by atoms with Crippen LogP contribution in [-0.4, -0.2) is 25.7 Å². The van der Waals surface area contributed by atoms with Crippen molar-refractivity contribution in [3.8, 4) is 0 Å². The maximum Gasteiger partial charge on any atom is 0.223 e. The molecule has 0 bridgehead atoms. The lowest BCUT2D eigenvalue weighted by Crippen LogP contribution is -2.33. The standard InChI is InChI=1S/C13H18F2N2O2.ClH/c1-8(11-4-3-9(14)5-12(11)15)17-13(18)6-10(7-16)19-2;/h3-5,8,10H,6-7,16H2,1-2H3,(H,17,18);1H. The predicted molar refractivity (Wildman–Crippen MR) is 74.6 cm³/mol. The molecule has 2 atom stereocenters. The molecule has 0 fully saturated rings. The van der Waals surface area contributed by atoms with Crippen LogP contribution >= 0.6 is 12.4 Å². The Balaban J connectivity index is 0.00000361. The van der Waals surface area contributed by atoms with Gasteiger partial charge < -0.3 is 15.8 Å². The molecule has 0 saturated carbocycles. The van der Waals surface area contributed by atoms with Crippen molar-refractivity contribution >= 4 is 18.3 Å². The summed E-state index contributed by atoms with van der Waals surface area (Å²) in [5.74, 6) is -1.63. The van der Waals surface area contributed by atoms with Crippen LogP contribution < -0.4 is 11.1 Å². The van der Waals surface area contributed by atoms with Gasteiger partial charge in [0.2, 0.25) is 5.91 Å². The maximum atomic E-state index is 13.5. The van der Waals surface area contributed by atoms with E-state index in [1.54, 1.807) is 6.92 Å². The van der Waals surface area contributed by atoms with Crippen LogP contribution in [0.5, 0.6) is 0 Å². The van der Waals surface area contributed by atoms with Crippen LogP contribution in [-0.2, 0) is 9.53 Å². The Labute approximate surface area is 123 Å². The summed E-state index contributed by atoms with van der Waals surface area (Å²) in [4.78, 5) is 11.7. The lowest BCUT2D eigenvalue weighted by molar-refractivity contribution is -0.124. The molecular weight excluding hydrogens is 290 g/mol. The first-order valence-electron chi connectivity index (χ1n) is 5.95. The highest BCUT2D eigenvalue weighted by Gasteiger charge is 2.17.